The molecule has 0 spiro atoms. The third-order valence-corrected chi connectivity index (χ3v) is 6.43. The van der Waals surface area contributed by atoms with Gasteiger partial charge in [-0.05, 0) is 67.8 Å². The van der Waals surface area contributed by atoms with Crippen molar-refractivity contribution >= 4 is 5.91 Å². The molecule has 4 atom stereocenters. The van der Waals surface area contributed by atoms with Crippen LogP contribution in [-0.2, 0) is 4.79 Å². The summed E-state index contributed by atoms with van der Waals surface area (Å²) in [6.07, 6.45) is 3.29. The van der Waals surface area contributed by atoms with E-state index in [1.165, 1.54) is 5.56 Å². The monoisotopic (exact) mass is 342 g/mol. The van der Waals surface area contributed by atoms with Gasteiger partial charge in [-0.15, -0.1) is 0 Å². The van der Waals surface area contributed by atoms with E-state index in [2.05, 4.69) is 22.3 Å². The Morgan fingerprint density at radius 2 is 1.76 bits per heavy atom. The van der Waals surface area contributed by atoms with Gasteiger partial charge >= 0.3 is 0 Å². The van der Waals surface area contributed by atoms with Gasteiger partial charge in [0.15, 0.2) is 11.5 Å². The summed E-state index contributed by atoms with van der Waals surface area (Å²) in [5, 5.41) is 3.50. The van der Waals surface area contributed by atoms with Crippen LogP contribution < -0.4 is 14.8 Å². The van der Waals surface area contributed by atoms with Gasteiger partial charge in [0.2, 0.25) is 5.91 Å². The summed E-state index contributed by atoms with van der Waals surface area (Å²) in [5.74, 6) is 4.08. The Morgan fingerprint density at radius 1 is 1.04 bits per heavy atom. The Bertz CT molecular complexity index is 663. The standard InChI is InChI=1S/C20H26N2O3/c23-20(22-5-3-14-11-21-12-15(14)4-6-22)17-10-16(17)13-1-2-18-19(9-13)25-8-7-24-18/h1-2,9,14-17,21H,3-8,10-12H2/t14-,15+,16?,17?. The molecule has 1 saturated carbocycles. The molecule has 5 nitrogen and oxygen atoms in total. The summed E-state index contributed by atoms with van der Waals surface area (Å²) in [4.78, 5) is 15.1. The van der Waals surface area contributed by atoms with E-state index in [0.717, 1.165) is 68.8 Å². The molecule has 3 fully saturated rings. The number of rotatable bonds is 2. The predicted octanol–water partition coefficient (Wildman–Crippen LogP) is 2.02. The number of hydrogen-bond acceptors (Lipinski definition) is 4. The highest BCUT2D eigenvalue weighted by molar-refractivity contribution is 5.83. The van der Waals surface area contributed by atoms with Crippen LogP contribution in [0, 0.1) is 17.8 Å². The predicted molar refractivity (Wildman–Crippen MR) is 93.9 cm³/mol. The van der Waals surface area contributed by atoms with Gasteiger partial charge in [0.1, 0.15) is 13.2 Å². The highest BCUT2D eigenvalue weighted by Crippen LogP contribution is 2.50. The Balaban J connectivity index is 1.24. The van der Waals surface area contributed by atoms with Gasteiger partial charge in [0.25, 0.3) is 0 Å². The molecule has 2 unspecified atom stereocenters. The normalized spacial score (nSPS) is 33.5. The van der Waals surface area contributed by atoms with Crippen molar-refractivity contribution in [3.05, 3.63) is 23.8 Å². The fraction of sp³-hybridized carbons (Fsp3) is 0.650. The van der Waals surface area contributed by atoms with Crippen molar-refractivity contribution in [3.8, 4) is 11.5 Å². The first kappa shape index (κ1) is 15.5. The molecule has 1 aromatic rings. The van der Waals surface area contributed by atoms with Crippen molar-refractivity contribution in [3.63, 3.8) is 0 Å². The first-order valence-electron chi connectivity index (χ1n) is 9.68. The van der Waals surface area contributed by atoms with Crippen LogP contribution >= 0.6 is 0 Å². The van der Waals surface area contributed by atoms with E-state index >= 15 is 0 Å². The molecule has 0 radical (unpaired) electrons. The van der Waals surface area contributed by atoms with E-state index in [1.807, 2.05) is 6.07 Å². The van der Waals surface area contributed by atoms with Crippen molar-refractivity contribution in [2.45, 2.75) is 25.2 Å². The summed E-state index contributed by atoms with van der Waals surface area (Å²) in [5.41, 5.74) is 1.22. The molecule has 1 aromatic carbocycles. The van der Waals surface area contributed by atoms with Gasteiger partial charge in [-0.25, -0.2) is 0 Å². The van der Waals surface area contributed by atoms with Crippen LogP contribution in [0.15, 0.2) is 18.2 Å². The third kappa shape index (κ3) is 2.88. The lowest BCUT2D eigenvalue weighted by atomic mass is 9.92. The molecular weight excluding hydrogens is 316 g/mol. The van der Waals surface area contributed by atoms with Crippen molar-refractivity contribution in [1.29, 1.82) is 0 Å². The molecule has 1 N–H and O–H groups in total. The smallest absolute Gasteiger partial charge is 0.226 e. The van der Waals surface area contributed by atoms with Crippen molar-refractivity contribution in [2.24, 2.45) is 17.8 Å². The molecule has 0 aromatic heterocycles. The number of amides is 1. The fourth-order valence-corrected chi connectivity index (χ4v) is 4.80. The van der Waals surface area contributed by atoms with Crippen molar-refractivity contribution < 1.29 is 14.3 Å². The lowest BCUT2D eigenvalue weighted by Crippen LogP contribution is -2.34. The van der Waals surface area contributed by atoms with Crippen LogP contribution in [0.1, 0.15) is 30.7 Å². The SMILES string of the molecule is O=C(C1CC1c1ccc2c(c1)OCCO2)N1CC[C@@H]2CNC[C@@H]2CC1. The van der Waals surface area contributed by atoms with Gasteiger partial charge in [-0.2, -0.15) is 0 Å². The number of nitrogens with one attached hydrogen (secondary N) is 1. The average Bonchev–Trinajstić information content (AvgIpc) is 3.38. The van der Waals surface area contributed by atoms with Crippen LogP contribution in [0.5, 0.6) is 11.5 Å². The molecule has 3 heterocycles. The Labute approximate surface area is 148 Å². The molecule has 3 aliphatic heterocycles. The molecule has 4 aliphatic rings. The number of likely N-dealkylation sites (tertiary alicyclic amines) is 1. The van der Waals surface area contributed by atoms with E-state index < -0.39 is 0 Å². The summed E-state index contributed by atoms with van der Waals surface area (Å²) < 4.78 is 11.3. The summed E-state index contributed by atoms with van der Waals surface area (Å²) in [7, 11) is 0. The van der Waals surface area contributed by atoms with Crippen LogP contribution in [0.2, 0.25) is 0 Å². The maximum absolute atomic E-state index is 13.0. The van der Waals surface area contributed by atoms with E-state index in [4.69, 9.17) is 9.47 Å². The second-order valence-electron chi connectivity index (χ2n) is 7.93. The quantitative estimate of drug-likeness (QED) is 0.893. The summed E-state index contributed by atoms with van der Waals surface area (Å²) >= 11 is 0. The van der Waals surface area contributed by atoms with Gasteiger partial charge < -0.3 is 19.7 Å². The van der Waals surface area contributed by atoms with E-state index in [0.29, 0.717) is 25.0 Å². The van der Waals surface area contributed by atoms with Gasteiger partial charge in [0.05, 0.1) is 0 Å². The highest BCUT2D eigenvalue weighted by atomic mass is 16.6. The maximum atomic E-state index is 13.0. The minimum atomic E-state index is 0.165. The first-order chi connectivity index (χ1) is 12.3. The molecule has 5 rings (SSSR count). The molecule has 1 aliphatic carbocycles. The number of carbonyl (C=O) groups excluding carboxylic acids is 1. The molecule has 1 amide bonds. The zero-order valence-electron chi connectivity index (χ0n) is 14.6. The van der Waals surface area contributed by atoms with E-state index in [9.17, 15) is 4.79 Å². The van der Waals surface area contributed by atoms with Crippen molar-refractivity contribution in [2.75, 3.05) is 39.4 Å². The van der Waals surface area contributed by atoms with Crippen LogP contribution in [0.3, 0.4) is 0 Å². The van der Waals surface area contributed by atoms with Crippen LogP contribution in [0.25, 0.3) is 0 Å². The van der Waals surface area contributed by atoms with Crippen LogP contribution in [0.4, 0.5) is 0 Å². The Hall–Kier alpha value is -1.75. The average molecular weight is 342 g/mol. The zero-order chi connectivity index (χ0) is 16.8. The second-order valence-corrected chi connectivity index (χ2v) is 7.93. The molecule has 25 heavy (non-hydrogen) atoms. The topological polar surface area (TPSA) is 50.8 Å². The number of nitrogens with zero attached hydrogens (tertiary/aromatic N) is 1. The number of carbonyl (C=O) groups is 1. The zero-order valence-corrected chi connectivity index (χ0v) is 14.6. The largest absolute Gasteiger partial charge is 0.486 e. The number of benzene rings is 1. The Kier molecular flexibility index (Phi) is 3.85. The first-order valence-corrected chi connectivity index (χ1v) is 9.68. The number of hydrogen-bond donors (Lipinski definition) is 1. The maximum Gasteiger partial charge on any atom is 0.226 e. The Morgan fingerprint density at radius 3 is 2.52 bits per heavy atom. The molecule has 134 valence electrons. The van der Waals surface area contributed by atoms with E-state index in [-0.39, 0.29) is 5.92 Å². The highest BCUT2D eigenvalue weighted by Gasteiger charge is 2.46. The molecular formula is C20H26N2O3. The third-order valence-electron chi connectivity index (χ3n) is 6.43. The van der Waals surface area contributed by atoms with Crippen LogP contribution in [-0.4, -0.2) is 50.2 Å². The minimum absolute atomic E-state index is 0.165. The second kappa shape index (κ2) is 6.20. The fourth-order valence-electron chi connectivity index (χ4n) is 4.80. The molecule has 5 heteroatoms. The number of fused-ring (bicyclic) bond motifs is 2. The van der Waals surface area contributed by atoms with E-state index in [1.54, 1.807) is 0 Å². The lowest BCUT2D eigenvalue weighted by Gasteiger charge is -2.21. The summed E-state index contributed by atoms with van der Waals surface area (Å²) in [6, 6.07) is 6.17. The van der Waals surface area contributed by atoms with Gasteiger partial charge in [0, 0.05) is 19.0 Å². The molecule has 2 saturated heterocycles. The van der Waals surface area contributed by atoms with Gasteiger partial charge in [-0.1, -0.05) is 6.07 Å². The lowest BCUT2D eigenvalue weighted by molar-refractivity contribution is -0.132. The summed E-state index contributed by atoms with van der Waals surface area (Å²) in [6.45, 7) is 5.36. The number of ether oxygens (including phenoxy) is 2. The van der Waals surface area contributed by atoms with Gasteiger partial charge in [-0.3, -0.25) is 4.79 Å². The minimum Gasteiger partial charge on any atom is -0.486 e. The van der Waals surface area contributed by atoms with Crippen molar-refractivity contribution in [1.82, 2.24) is 10.2 Å². The molecule has 0 bridgehead atoms.